The first-order chi connectivity index (χ1) is 13.6. The van der Waals surface area contributed by atoms with E-state index < -0.39 is 0 Å². The number of aryl methyl sites for hydroxylation is 1. The first-order valence-corrected chi connectivity index (χ1v) is 9.98. The van der Waals surface area contributed by atoms with Crippen LogP contribution in [0.25, 0.3) is 0 Å². The van der Waals surface area contributed by atoms with Crippen molar-refractivity contribution in [1.82, 2.24) is 4.90 Å². The van der Waals surface area contributed by atoms with Gasteiger partial charge >= 0.3 is 0 Å². The molecule has 2 saturated carbocycles. The predicted molar refractivity (Wildman–Crippen MR) is 102 cm³/mol. The summed E-state index contributed by atoms with van der Waals surface area (Å²) in [5.74, 6) is 1.56. The Kier molecular flexibility index (Phi) is 3.10. The molecule has 0 aromatic heterocycles. The van der Waals surface area contributed by atoms with Gasteiger partial charge in [0, 0.05) is 29.9 Å². The van der Waals surface area contributed by atoms with Crippen molar-refractivity contribution in [2.24, 2.45) is 0 Å². The van der Waals surface area contributed by atoms with Gasteiger partial charge in [0.05, 0.1) is 17.7 Å². The Balaban J connectivity index is 1.19. The van der Waals surface area contributed by atoms with Crippen LogP contribution in [0.15, 0.2) is 36.4 Å². The van der Waals surface area contributed by atoms with Gasteiger partial charge in [-0.25, -0.2) is 0 Å². The molecule has 0 N–H and O–H groups in total. The molecule has 0 unspecified atom stereocenters. The van der Waals surface area contributed by atoms with Gasteiger partial charge in [-0.1, -0.05) is 18.2 Å². The highest BCUT2D eigenvalue weighted by Crippen LogP contribution is 2.59. The monoisotopic (exact) mass is 375 g/mol. The van der Waals surface area contributed by atoms with E-state index >= 15 is 0 Å². The van der Waals surface area contributed by atoms with E-state index in [-0.39, 0.29) is 29.4 Å². The average Bonchev–Trinajstić information content (AvgIpc) is 3.28. The van der Waals surface area contributed by atoms with Crippen LogP contribution in [0.1, 0.15) is 57.5 Å². The summed E-state index contributed by atoms with van der Waals surface area (Å²) in [5.41, 5.74) is 3.57. The van der Waals surface area contributed by atoms with Gasteiger partial charge in [0.25, 0.3) is 11.8 Å². The number of amides is 2. The number of fused-ring (bicyclic) bond motifs is 3. The molecule has 4 aliphatic rings. The number of benzene rings is 2. The van der Waals surface area contributed by atoms with Crippen molar-refractivity contribution in [3.05, 3.63) is 58.7 Å². The summed E-state index contributed by atoms with van der Waals surface area (Å²) in [6.45, 7) is 2.83. The molecule has 2 aromatic rings. The van der Waals surface area contributed by atoms with Gasteiger partial charge in [0.1, 0.15) is 17.6 Å². The Morgan fingerprint density at radius 3 is 2.36 bits per heavy atom. The minimum Gasteiger partial charge on any atom is -0.492 e. The lowest BCUT2D eigenvalue weighted by molar-refractivity contribution is 0.0195. The van der Waals surface area contributed by atoms with Crippen LogP contribution >= 0.6 is 0 Å². The number of hydrogen-bond donors (Lipinski definition) is 0. The van der Waals surface area contributed by atoms with Crippen LogP contribution in [0.5, 0.6) is 11.5 Å². The maximum Gasteiger partial charge on any atom is 0.261 e. The van der Waals surface area contributed by atoms with Crippen LogP contribution in [-0.2, 0) is 5.41 Å². The predicted octanol–water partition coefficient (Wildman–Crippen LogP) is 3.63. The number of imide groups is 1. The van der Waals surface area contributed by atoms with E-state index in [1.54, 1.807) is 24.3 Å². The van der Waals surface area contributed by atoms with E-state index in [1.165, 1.54) is 10.5 Å². The van der Waals surface area contributed by atoms with E-state index in [1.807, 2.05) is 0 Å². The third-order valence-electron chi connectivity index (χ3n) is 6.75. The van der Waals surface area contributed by atoms with Crippen LogP contribution in [0.4, 0.5) is 0 Å². The minimum atomic E-state index is -0.175. The second-order valence-electron chi connectivity index (χ2n) is 8.54. The fraction of sp³-hybridized carbons (Fsp3) is 0.391. The number of rotatable bonds is 3. The zero-order chi connectivity index (χ0) is 19.0. The Bertz CT molecular complexity index is 998. The smallest absolute Gasteiger partial charge is 0.261 e. The van der Waals surface area contributed by atoms with Gasteiger partial charge in [-0.15, -0.1) is 0 Å². The third-order valence-corrected chi connectivity index (χ3v) is 6.75. The van der Waals surface area contributed by atoms with Crippen LogP contribution in [0.3, 0.4) is 0 Å². The van der Waals surface area contributed by atoms with Gasteiger partial charge in [0.15, 0.2) is 0 Å². The van der Waals surface area contributed by atoms with Crippen molar-refractivity contribution in [2.45, 2.75) is 50.2 Å². The summed E-state index contributed by atoms with van der Waals surface area (Å²) in [5, 5.41) is 0. The molecule has 0 atom stereocenters. The van der Waals surface area contributed by atoms with Gasteiger partial charge in [-0.05, 0) is 43.5 Å². The van der Waals surface area contributed by atoms with Crippen molar-refractivity contribution in [3.8, 4) is 11.5 Å². The molecule has 6 rings (SSSR count). The molecule has 2 fully saturated rings. The SMILES string of the molecule is Cc1ccc(O[C@H]2C[C@@H](N3C(=O)c4ccccc4C3=O)C2)c2c1OCC21CC1. The molecule has 5 nitrogen and oxygen atoms in total. The molecule has 2 aromatic carbocycles. The van der Waals surface area contributed by atoms with Gasteiger partial charge in [0.2, 0.25) is 0 Å². The lowest BCUT2D eigenvalue weighted by atomic mass is 9.87. The zero-order valence-corrected chi connectivity index (χ0v) is 15.7. The highest BCUT2D eigenvalue weighted by molar-refractivity contribution is 6.21. The standard InChI is InChI=1S/C23H21NO4/c1-13-6-7-18(19-20(13)27-12-23(19)8-9-23)28-15-10-14(11-15)24-21(25)16-4-2-3-5-17(16)22(24)26/h2-7,14-15H,8-12H2,1H3/t14-,15+. The molecule has 5 heteroatoms. The Morgan fingerprint density at radius 2 is 1.71 bits per heavy atom. The molecule has 2 heterocycles. The van der Waals surface area contributed by atoms with Crippen molar-refractivity contribution >= 4 is 11.8 Å². The largest absolute Gasteiger partial charge is 0.492 e. The van der Waals surface area contributed by atoms with Crippen LogP contribution in [0.2, 0.25) is 0 Å². The average molecular weight is 375 g/mol. The zero-order valence-electron chi connectivity index (χ0n) is 15.7. The first-order valence-electron chi connectivity index (χ1n) is 9.98. The molecule has 0 bridgehead atoms. The number of ether oxygens (including phenoxy) is 2. The van der Waals surface area contributed by atoms with E-state index in [2.05, 4.69) is 19.1 Å². The molecular formula is C23H21NO4. The number of carbonyl (C=O) groups is 2. The Hall–Kier alpha value is -2.82. The molecule has 2 amide bonds. The topological polar surface area (TPSA) is 55.8 Å². The Labute approximate surface area is 163 Å². The second-order valence-corrected chi connectivity index (χ2v) is 8.54. The fourth-order valence-corrected chi connectivity index (χ4v) is 4.85. The molecule has 0 saturated heterocycles. The fourth-order valence-electron chi connectivity index (χ4n) is 4.85. The van der Waals surface area contributed by atoms with Gasteiger partial charge in [-0.3, -0.25) is 14.5 Å². The summed E-state index contributed by atoms with van der Waals surface area (Å²) in [4.78, 5) is 26.7. The highest BCUT2D eigenvalue weighted by atomic mass is 16.5. The van der Waals surface area contributed by atoms with Gasteiger partial charge in [-0.2, -0.15) is 0 Å². The van der Waals surface area contributed by atoms with Crippen LogP contribution < -0.4 is 9.47 Å². The first kappa shape index (κ1) is 16.2. The molecule has 142 valence electrons. The molecular weight excluding hydrogens is 354 g/mol. The van der Waals surface area contributed by atoms with E-state index in [9.17, 15) is 9.59 Å². The molecule has 2 aliphatic heterocycles. The van der Waals surface area contributed by atoms with Crippen molar-refractivity contribution in [1.29, 1.82) is 0 Å². The van der Waals surface area contributed by atoms with E-state index in [0.29, 0.717) is 24.0 Å². The summed E-state index contributed by atoms with van der Waals surface area (Å²) in [7, 11) is 0. The maximum absolute atomic E-state index is 12.6. The maximum atomic E-state index is 12.6. The molecule has 28 heavy (non-hydrogen) atoms. The third kappa shape index (κ3) is 2.07. The lowest BCUT2D eigenvalue weighted by Gasteiger charge is -2.40. The lowest BCUT2D eigenvalue weighted by Crippen LogP contribution is -2.51. The summed E-state index contributed by atoms with van der Waals surface area (Å²) < 4.78 is 12.3. The second kappa shape index (κ2) is 5.37. The summed E-state index contributed by atoms with van der Waals surface area (Å²) in [6, 6.07) is 11.1. The van der Waals surface area contributed by atoms with Crippen LogP contribution in [-0.4, -0.2) is 35.5 Å². The summed E-state index contributed by atoms with van der Waals surface area (Å²) in [6.07, 6.45) is 3.70. The van der Waals surface area contributed by atoms with Crippen molar-refractivity contribution in [2.75, 3.05) is 6.61 Å². The number of carbonyl (C=O) groups excluding carboxylic acids is 2. The normalized spacial score (nSPS) is 26.0. The van der Waals surface area contributed by atoms with E-state index in [0.717, 1.165) is 36.5 Å². The summed E-state index contributed by atoms with van der Waals surface area (Å²) >= 11 is 0. The Morgan fingerprint density at radius 1 is 1.04 bits per heavy atom. The number of hydrogen-bond acceptors (Lipinski definition) is 4. The quantitative estimate of drug-likeness (QED) is 0.769. The molecule has 1 spiro atoms. The van der Waals surface area contributed by atoms with Crippen molar-refractivity contribution in [3.63, 3.8) is 0 Å². The van der Waals surface area contributed by atoms with Gasteiger partial charge < -0.3 is 9.47 Å². The minimum absolute atomic E-state index is 0.0255. The molecule has 2 aliphatic carbocycles. The number of nitrogens with zero attached hydrogens (tertiary/aromatic N) is 1. The highest BCUT2D eigenvalue weighted by Gasteiger charge is 2.53. The molecule has 0 radical (unpaired) electrons. The van der Waals surface area contributed by atoms with E-state index in [4.69, 9.17) is 9.47 Å². The van der Waals surface area contributed by atoms with Crippen molar-refractivity contribution < 1.29 is 19.1 Å². The van der Waals surface area contributed by atoms with Crippen LogP contribution in [0, 0.1) is 6.92 Å².